The van der Waals surface area contributed by atoms with Crippen LogP contribution >= 0.6 is 11.8 Å². The van der Waals surface area contributed by atoms with Crippen molar-refractivity contribution in [1.29, 1.82) is 0 Å². The zero-order chi connectivity index (χ0) is 22.9. The Morgan fingerprint density at radius 1 is 1.03 bits per heavy atom. The van der Waals surface area contributed by atoms with E-state index in [1.807, 2.05) is 0 Å². The summed E-state index contributed by atoms with van der Waals surface area (Å²) in [5, 5.41) is 10.0. The number of allylic oxidation sites excluding steroid dienone is 4. The molecule has 1 saturated carbocycles. The van der Waals surface area contributed by atoms with Crippen LogP contribution in [-0.4, -0.2) is 22.5 Å². The summed E-state index contributed by atoms with van der Waals surface area (Å²) in [5.74, 6) is -12.5. The number of aliphatic hydroxyl groups is 1. The van der Waals surface area contributed by atoms with Gasteiger partial charge in [0.1, 0.15) is 17.8 Å². The van der Waals surface area contributed by atoms with Crippen molar-refractivity contribution in [2.24, 2.45) is 5.92 Å². The molecule has 1 unspecified atom stereocenters. The predicted molar refractivity (Wildman–Crippen MR) is 94.3 cm³/mol. The van der Waals surface area contributed by atoms with Crippen molar-refractivity contribution < 1.29 is 44.6 Å². The molecule has 1 aromatic carbocycles. The number of benzene rings is 1. The molecule has 0 spiro atoms. The monoisotopic (exact) mass is 474 g/mol. The number of halogens is 9. The van der Waals surface area contributed by atoms with Crippen molar-refractivity contribution in [2.75, 3.05) is 0 Å². The molecule has 0 saturated heterocycles. The lowest BCUT2D eigenvalue weighted by atomic mass is 9.67. The lowest BCUT2D eigenvalue weighted by molar-refractivity contribution is -0.0977. The molecule has 0 radical (unpaired) electrons. The molecule has 31 heavy (non-hydrogen) atoms. The van der Waals surface area contributed by atoms with E-state index >= 15 is 0 Å². The van der Waals surface area contributed by atoms with Gasteiger partial charge in [-0.1, -0.05) is 6.07 Å². The van der Waals surface area contributed by atoms with Crippen LogP contribution in [0.25, 0.3) is 0 Å². The van der Waals surface area contributed by atoms with Crippen molar-refractivity contribution in [2.45, 2.75) is 60.0 Å². The van der Waals surface area contributed by atoms with Gasteiger partial charge in [0.15, 0.2) is 0 Å². The van der Waals surface area contributed by atoms with Gasteiger partial charge in [-0.3, -0.25) is 0 Å². The first-order valence-electron chi connectivity index (χ1n) is 9.32. The third-order valence-electron chi connectivity index (χ3n) is 6.03. The highest BCUT2D eigenvalue weighted by Gasteiger charge is 2.54. The van der Waals surface area contributed by atoms with Crippen LogP contribution in [0, 0.1) is 5.92 Å². The van der Waals surface area contributed by atoms with Gasteiger partial charge in [-0.05, 0) is 40.9 Å². The fourth-order valence-electron chi connectivity index (χ4n) is 4.77. The van der Waals surface area contributed by atoms with Crippen LogP contribution in [0.15, 0.2) is 40.3 Å². The largest absolute Gasteiger partial charge is 0.446 e. The maximum Gasteiger partial charge on any atom is 0.446 e. The normalized spacial score (nSPS) is 29.5. The van der Waals surface area contributed by atoms with Crippen molar-refractivity contribution in [3.8, 4) is 0 Å². The van der Waals surface area contributed by atoms with Crippen molar-refractivity contribution >= 4 is 11.8 Å². The Kier molecular flexibility index (Phi) is 5.24. The number of thioether (sulfide) groups is 1. The maximum absolute atomic E-state index is 14.6. The van der Waals surface area contributed by atoms with E-state index in [0.717, 1.165) is 12.1 Å². The van der Waals surface area contributed by atoms with Gasteiger partial charge in [-0.2, -0.15) is 13.2 Å². The molecule has 3 atom stereocenters. The van der Waals surface area contributed by atoms with E-state index in [2.05, 4.69) is 0 Å². The summed E-state index contributed by atoms with van der Waals surface area (Å²) in [6, 6.07) is 1.97. The molecular formula is C20H15F9OS. The summed E-state index contributed by atoms with van der Waals surface area (Å²) in [6.45, 7) is 0. The van der Waals surface area contributed by atoms with E-state index in [4.69, 9.17) is 0 Å². The van der Waals surface area contributed by atoms with Crippen molar-refractivity contribution in [3.63, 3.8) is 0 Å². The van der Waals surface area contributed by atoms with E-state index in [1.54, 1.807) is 0 Å². The van der Waals surface area contributed by atoms with Crippen LogP contribution in [0.4, 0.5) is 39.5 Å². The number of alkyl halides is 7. The molecule has 0 heterocycles. The molecule has 0 aliphatic heterocycles. The summed E-state index contributed by atoms with van der Waals surface area (Å²) in [7, 11) is 0. The van der Waals surface area contributed by atoms with Gasteiger partial charge in [-0.15, -0.1) is 0 Å². The maximum atomic E-state index is 14.6. The van der Waals surface area contributed by atoms with Crippen LogP contribution in [0.5, 0.6) is 0 Å². The first kappa shape index (κ1) is 22.6. The van der Waals surface area contributed by atoms with Gasteiger partial charge in [0.05, 0.1) is 5.92 Å². The third-order valence-corrected chi connectivity index (χ3v) is 6.83. The number of hydrogen-bond donors (Lipinski definition) is 1. The molecular weight excluding hydrogens is 459 g/mol. The second-order valence-electron chi connectivity index (χ2n) is 7.94. The van der Waals surface area contributed by atoms with Gasteiger partial charge in [0, 0.05) is 41.7 Å². The highest BCUT2D eigenvalue weighted by molar-refractivity contribution is 8.00. The molecule has 0 aromatic heterocycles. The Morgan fingerprint density at radius 3 is 2.35 bits per heavy atom. The molecule has 3 aliphatic rings. The molecule has 3 aliphatic carbocycles. The van der Waals surface area contributed by atoms with Crippen LogP contribution in [0.2, 0.25) is 0 Å². The molecule has 0 amide bonds. The van der Waals surface area contributed by atoms with Gasteiger partial charge >= 0.3 is 5.51 Å². The minimum atomic E-state index is -4.81. The molecule has 1 aromatic rings. The first-order chi connectivity index (χ1) is 14.2. The number of fused-ring (bicyclic) bond motifs is 2. The quantitative estimate of drug-likeness (QED) is 0.364. The average molecular weight is 474 g/mol. The molecule has 170 valence electrons. The summed E-state index contributed by atoms with van der Waals surface area (Å²) < 4.78 is 124. The van der Waals surface area contributed by atoms with Gasteiger partial charge < -0.3 is 5.11 Å². The fraction of sp³-hybridized carbons (Fsp3) is 0.500. The van der Waals surface area contributed by atoms with E-state index in [1.165, 1.54) is 0 Å². The first-order valence-corrected chi connectivity index (χ1v) is 10.1. The predicted octanol–water partition coefficient (Wildman–Crippen LogP) is 7.13. The smallest absolute Gasteiger partial charge is 0.382 e. The summed E-state index contributed by atoms with van der Waals surface area (Å²) in [4.78, 5) is -0.627. The fourth-order valence-corrected chi connectivity index (χ4v) is 5.50. The topological polar surface area (TPSA) is 20.2 Å². The zero-order valence-electron chi connectivity index (χ0n) is 15.5. The Balaban J connectivity index is 1.87. The number of hydrogen-bond acceptors (Lipinski definition) is 2. The van der Waals surface area contributed by atoms with Crippen LogP contribution in [0.1, 0.15) is 48.0 Å². The Bertz CT molecular complexity index is 980. The third kappa shape index (κ3) is 3.88. The van der Waals surface area contributed by atoms with Crippen molar-refractivity contribution in [1.82, 2.24) is 0 Å². The zero-order valence-corrected chi connectivity index (χ0v) is 16.4. The second kappa shape index (κ2) is 7.19. The molecule has 4 rings (SSSR count). The van der Waals surface area contributed by atoms with E-state index in [-0.39, 0.29) is 17.5 Å². The summed E-state index contributed by atoms with van der Waals surface area (Å²) in [6.07, 6.45) is -5.04. The standard InChI is InChI=1S/C20H15F9OS/c21-8-5-12-15(13(22)6-8)10(3-4-18(12,23)24)9-1-2-14(31-20(27,28)29)16-11(9)7-19(25,26)17(16)30/h1-2,6,10,12,17,30H,3-5,7H2/t10-,12?,17+/m1/s1. The number of aliphatic hydroxyl groups excluding tert-OH is 1. The number of rotatable bonds is 2. The van der Waals surface area contributed by atoms with Crippen LogP contribution in [0.3, 0.4) is 0 Å². The minimum absolute atomic E-state index is 0.0425. The SMILES string of the molecule is O[C@H]1c2c(SC(F)(F)F)ccc([C@H]3CCC(F)(F)C4CC(F)=CC(F)=C43)c2CC1(F)F. The Hall–Kier alpha value is -1.62. The van der Waals surface area contributed by atoms with E-state index in [9.17, 15) is 44.6 Å². The highest BCUT2D eigenvalue weighted by Crippen LogP contribution is 2.57. The van der Waals surface area contributed by atoms with Gasteiger partial charge in [0.25, 0.3) is 11.8 Å². The van der Waals surface area contributed by atoms with Crippen LogP contribution in [-0.2, 0) is 6.42 Å². The minimum Gasteiger partial charge on any atom is -0.382 e. The summed E-state index contributed by atoms with van der Waals surface area (Å²) >= 11 is -0.669. The molecule has 1 N–H and O–H groups in total. The molecule has 0 bridgehead atoms. The average Bonchev–Trinajstić information content (AvgIpc) is 2.85. The Labute approximate surface area is 175 Å². The van der Waals surface area contributed by atoms with E-state index < -0.39 is 94.0 Å². The van der Waals surface area contributed by atoms with Gasteiger partial charge in [0.2, 0.25) is 0 Å². The van der Waals surface area contributed by atoms with Crippen molar-refractivity contribution in [3.05, 3.63) is 52.1 Å². The van der Waals surface area contributed by atoms with E-state index in [0.29, 0.717) is 6.08 Å². The summed E-state index contributed by atoms with van der Waals surface area (Å²) in [5.41, 5.74) is -6.24. The molecule has 1 fully saturated rings. The second-order valence-corrected chi connectivity index (χ2v) is 9.04. The molecule has 11 heteroatoms. The van der Waals surface area contributed by atoms with Crippen LogP contribution < -0.4 is 0 Å². The molecule has 1 nitrogen and oxygen atoms in total. The Morgan fingerprint density at radius 2 is 1.71 bits per heavy atom. The van der Waals surface area contributed by atoms with Gasteiger partial charge in [-0.25, -0.2) is 26.3 Å². The lowest BCUT2D eigenvalue weighted by Crippen LogP contribution is -2.38. The lowest BCUT2D eigenvalue weighted by Gasteiger charge is -2.40. The highest BCUT2D eigenvalue weighted by atomic mass is 32.2.